The predicted molar refractivity (Wildman–Crippen MR) is 111 cm³/mol. The molecule has 0 aliphatic carbocycles. The van der Waals surface area contributed by atoms with Gasteiger partial charge in [-0.2, -0.15) is 0 Å². The molecule has 2 N–H and O–H groups in total. The minimum absolute atomic E-state index is 0.0283. The number of hydrogen-bond acceptors (Lipinski definition) is 3. The van der Waals surface area contributed by atoms with Crippen molar-refractivity contribution in [3.8, 4) is 5.75 Å². The lowest BCUT2D eigenvalue weighted by Gasteiger charge is -2.34. The molecule has 146 valence electrons. The smallest absolute Gasteiger partial charge is 0.137 e. The summed E-state index contributed by atoms with van der Waals surface area (Å²) < 4.78 is 5.98. The van der Waals surface area contributed by atoms with Gasteiger partial charge < -0.3 is 19.6 Å². The number of piperazine rings is 1. The number of benzene rings is 2. The number of ether oxygens (including phenoxy) is 1. The van der Waals surface area contributed by atoms with Gasteiger partial charge in [0.25, 0.3) is 0 Å². The number of nitrogens with zero attached hydrogens (tertiary/aromatic N) is 1. The molecule has 2 aromatic carbocycles. The molecule has 1 aliphatic heterocycles. The molecule has 0 radical (unpaired) electrons. The van der Waals surface area contributed by atoms with Gasteiger partial charge >= 0.3 is 0 Å². The maximum Gasteiger partial charge on any atom is 0.137 e. The minimum Gasteiger partial charge on any atom is -0.490 e. The SMILES string of the molecule is CC(C)(C)c1ccccc1OC[C@@H](O)C[NH+]1CCN(c2ccccc2)CC1. The van der Waals surface area contributed by atoms with Crippen molar-refractivity contribution >= 4 is 5.69 Å². The van der Waals surface area contributed by atoms with Crippen LogP contribution in [0.5, 0.6) is 5.75 Å². The Morgan fingerprint density at radius 3 is 2.30 bits per heavy atom. The molecule has 1 aliphatic rings. The van der Waals surface area contributed by atoms with Crippen LogP contribution >= 0.6 is 0 Å². The van der Waals surface area contributed by atoms with E-state index in [1.165, 1.54) is 16.2 Å². The Balaban J connectivity index is 1.46. The van der Waals surface area contributed by atoms with Gasteiger partial charge in [-0.3, -0.25) is 0 Å². The molecule has 0 unspecified atom stereocenters. The molecule has 0 saturated carbocycles. The second-order valence-corrected chi connectivity index (χ2v) is 8.49. The van der Waals surface area contributed by atoms with Crippen molar-refractivity contribution in [1.82, 2.24) is 0 Å². The Morgan fingerprint density at radius 1 is 1.00 bits per heavy atom. The highest BCUT2D eigenvalue weighted by Crippen LogP contribution is 2.30. The molecular weight excluding hydrogens is 336 g/mol. The number of nitrogens with one attached hydrogen (secondary N) is 1. The van der Waals surface area contributed by atoms with E-state index in [4.69, 9.17) is 4.74 Å². The summed E-state index contributed by atoms with van der Waals surface area (Å²) in [5, 5.41) is 10.5. The van der Waals surface area contributed by atoms with Crippen LogP contribution in [0.1, 0.15) is 26.3 Å². The fraction of sp³-hybridized carbons (Fsp3) is 0.478. The topological polar surface area (TPSA) is 37.1 Å². The van der Waals surface area contributed by atoms with Crippen LogP contribution in [0, 0.1) is 0 Å². The Bertz CT molecular complexity index is 704. The maximum atomic E-state index is 10.5. The Kier molecular flexibility index (Phi) is 6.40. The molecule has 0 amide bonds. The molecule has 0 aromatic heterocycles. The van der Waals surface area contributed by atoms with Crippen LogP contribution in [0.3, 0.4) is 0 Å². The highest BCUT2D eigenvalue weighted by molar-refractivity contribution is 5.46. The molecule has 2 aromatic rings. The second kappa shape index (κ2) is 8.77. The molecule has 1 atom stereocenters. The summed E-state index contributed by atoms with van der Waals surface area (Å²) in [6, 6.07) is 18.7. The summed E-state index contributed by atoms with van der Waals surface area (Å²) in [4.78, 5) is 3.87. The van der Waals surface area contributed by atoms with E-state index in [0.29, 0.717) is 6.61 Å². The standard InChI is InChI=1S/C23H32N2O2/c1-23(2,3)21-11-7-8-12-22(21)27-18-20(26)17-24-13-15-25(16-14-24)19-9-5-4-6-10-19/h4-12,20,26H,13-18H2,1-3H3/p+1/t20-/m0/s1. The number of quaternary nitrogens is 1. The average Bonchev–Trinajstić information content (AvgIpc) is 2.67. The first-order chi connectivity index (χ1) is 12.9. The summed E-state index contributed by atoms with van der Waals surface area (Å²) in [5.74, 6) is 0.882. The molecule has 3 rings (SSSR count). The van der Waals surface area contributed by atoms with Gasteiger partial charge in [-0.1, -0.05) is 57.2 Å². The van der Waals surface area contributed by atoms with E-state index in [1.54, 1.807) is 0 Å². The Morgan fingerprint density at radius 2 is 1.63 bits per heavy atom. The lowest BCUT2D eigenvalue weighted by Crippen LogP contribution is -3.16. The number of aliphatic hydroxyl groups excluding tert-OH is 1. The van der Waals surface area contributed by atoms with Crippen LogP contribution in [0.25, 0.3) is 0 Å². The summed E-state index contributed by atoms with van der Waals surface area (Å²) in [7, 11) is 0. The van der Waals surface area contributed by atoms with Crippen LogP contribution in [-0.2, 0) is 5.41 Å². The van der Waals surface area contributed by atoms with E-state index in [-0.39, 0.29) is 5.41 Å². The predicted octanol–water partition coefficient (Wildman–Crippen LogP) is 2.13. The fourth-order valence-electron chi connectivity index (χ4n) is 3.71. The molecule has 1 saturated heterocycles. The van der Waals surface area contributed by atoms with Crippen molar-refractivity contribution in [3.63, 3.8) is 0 Å². The minimum atomic E-state index is -0.448. The van der Waals surface area contributed by atoms with Gasteiger partial charge in [0, 0.05) is 5.69 Å². The lowest BCUT2D eigenvalue weighted by molar-refractivity contribution is -0.903. The first-order valence-corrected chi connectivity index (χ1v) is 9.97. The van der Waals surface area contributed by atoms with Crippen LogP contribution in [0.2, 0.25) is 0 Å². The molecule has 0 spiro atoms. The molecule has 4 nitrogen and oxygen atoms in total. The zero-order chi connectivity index (χ0) is 19.3. The van der Waals surface area contributed by atoms with E-state index in [0.717, 1.165) is 38.5 Å². The third-order valence-corrected chi connectivity index (χ3v) is 5.24. The number of para-hydroxylation sites is 2. The molecule has 1 heterocycles. The number of anilines is 1. The zero-order valence-electron chi connectivity index (χ0n) is 16.8. The maximum absolute atomic E-state index is 10.5. The van der Waals surface area contributed by atoms with Crippen molar-refractivity contribution in [2.75, 3.05) is 44.2 Å². The van der Waals surface area contributed by atoms with Gasteiger partial charge in [-0.25, -0.2) is 0 Å². The third-order valence-electron chi connectivity index (χ3n) is 5.24. The molecule has 0 bridgehead atoms. The zero-order valence-corrected chi connectivity index (χ0v) is 16.8. The van der Waals surface area contributed by atoms with Crippen molar-refractivity contribution in [2.24, 2.45) is 0 Å². The monoisotopic (exact) mass is 369 g/mol. The van der Waals surface area contributed by atoms with Gasteiger partial charge in [0.15, 0.2) is 0 Å². The Hall–Kier alpha value is -2.04. The molecule has 4 heteroatoms. The van der Waals surface area contributed by atoms with E-state index in [9.17, 15) is 5.11 Å². The highest BCUT2D eigenvalue weighted by atomic mass is 16.5. The molecular formula is C23H33N2O2+. The van der Waals surface area contributed by atoms with E-state index in [2.05, 4.69) is 62.1 Å². The van der Waals surface area contributed by atoms with Crippen molar-refractivity contribution in [3.05, 3.63) is 60.2 Å². The third kappa shape index (κ3) is 5.47. The van der Waals surface area contributed by atoms with Gasteiger partial charge in [0.2, 0.25) is 0 Å². The van der Waals surface area contributed by atoms with Gasteiger partial charge in [-0.05, 0) is 29.2 Å². The van der Waals surface area contributed by atoms with E-state index >= 15 is 0 Å². The quantitative estimate of drug-likeness (QED) is 0.819. The lowest BCUT2D eigenvalue weighted by atomic mass is 9.86. The van der Waals surface area contributed by atoms with Gasteiger partial charge in [0.05, 0.1) is 26.2 Å². The number of aliphatic hydroxyl groups is 1. The van der Waals surface area contributed by atoms with Crippen molar-refractivity contribution in [1.29, 1.82) is 0 Å². The van der Waals surface area contributed by atoms with Gasteiger partial charge in [0.1, 0.15) is 25.0 Å². The normalized spacial score (nSPS) is 17.0. The first kappa shape index (κ1) is 19.7. The first-order valence-electron chi connectivity index (χ1n) is 9.97. The van der Waals surface area contributed by atoms with Crippen LogP contribution in [0.4, 0.5) is 5.69 Å². The Labute approximate surface area is 163 Å². The fourth-order valence-corrected chi connectivity index (χ4v) is 3.71. The summed E-state index contributed by atoms with van der Waals surface area (Å²) in [6.07, 6.45) is -0.448. The molecule has 1 fully saturated rings. The van der Waals surface area contributed by atoms with Crippen molar-refractivity contribution in [2.45, 2.75) is 32.3 Å². The van der Waals surface area contributed by atoms with Gasteiger partial charge in [-0.15, -0.1) is 0 Å². The van der Waals surface area contributed by atoms with E-state index < -0.39 is 6.10 Å². The summed E-state index contributed by atoms with van der Waals surface area (Å²) in [5.41, 5.74) is 2.50. The largest absolute Gasteiger partial charge is 0.490 e. The number of rotatable bonds is 6. The van der Waals surface area contributed by atoms with Crippen molar-refractivity contribution < 1.29 is 14.7 Å². The molecule has 27 heavy (non-hydrogen) atoms. The number of hydrogen-bond donors (Lipinski definition) is 2. The summed E-state index contributed by atoms with van der Waals surface area (Å²) >= 11 is 0. The van der Waals surface area contributed by atoms with Crippen LogP contribution in [0.15, 0.2) is 54.6 Å². The average molecular weight is 370 g/mol. The summed E-state index contributed by atoms with van der Waals surface area (Å²) in [6.45, 7) is 11.8. The van der Waals surface area contributed by atoms with E-state index in [1.807, 2.05) is 18.2 Å². The highest BCUT2D eigenvalue weighted by Gasteiger charge is 2.24. The van der Waals surface area contributed by atoms with Crippen LogP contribution in [-0.4, -0.2) is 50.5 Å². The second-order valence-electron chi connectivity index (χ2n) is 8.49. The van der Waals surface area contributed by atoms with Crippen LogP contribution < -0.4 is 14.5 Å².